The van der Waals surface area contributed by atoms with E-state index in [0.29, 0.717) is 6.54 Å². The number of aryl methyl sites for hydroxylation is 1. The Balaban J connectivity index is 1.51. The number of hydrogen-bond donors (Lipinski definition) is 1. The molecule has 3 aromatic rings. The zero-order valence-electron chi connectivity index (χ0n) is 16.1. The van der Waals surface area contributed by atoms with Gasteiger partial charge in [0.1, 0.15) is 17.5 Å². The van der Waals surface area contributed by atoms with Crippen molar-refractivity contribution in [2.75, 3.05) is 13.1 Å². The fourth-order valence-corrected chi connectivity index (χ4v) is 3.86. The molecule has 1 aliphatic heterocycles. The van der Waals surface area contributed by atoms with Crippen molar-refractivity contribution in [2.24, 2.45) is 0 Å². The third-order valence-corrected chi connectivity index (χ3v) is 5.28. The smallest absolute Gasteiger partial charge is 0.242 e. The van der Waals surface area contributed by atoms with Crippen LogP contribution in [-0.2, 0) is 11.3 Å². The number of benzene rings is 1. The van der Waals surface area contributed by atoms with Crippen LogP contribution in [0.2, 0.25) is 0 Å². The highest BCUT2D eigenvalue weighted by Crippen LogP contribution is 2.25. The van der Waals surface area contributed by atoms with Gasteiger partial charge in [-0.2, -0.15) is 0 Å². The highest BCUT2D eigenvalue weighted by Gasteiger charge is 2.28. The highest BCUT2D eigenvalue weighted by atomic mass is 19.1. The minimum Gasteiger partial charge on any atom is -0.349 e. The molecule has 0 spiro atoms. The van der Waals surface area contributed by atoms with E-state index in [1.807, 2.05) is 35.9 Å². The molecule has 1 aromatic carbocycles. The maximum absolute atomic E-state index is 13.4. The van der Waals surface area contributed by atoms with E-state index in [2.05, 4.69) is 15.2 Å². The molecule has 1 saturated heterocycles. The number of imidazole rings is 1. The molecule has 5 nitrogen and oxygen atoms in total. The van der Waals surface area contributed by atoms with Gasteiger partial charge in [0.05, 0.1) is 12.2 Å². The predicted octanol–water partition coefficient (Wildman–Crippen LogP) is 3.63. The summed E-state index contributed by atoms with van der Waals surface area (Å²) in [6.45, 7) is 4.16. The summed E-state index contributed by atoms with van der Waals surface area (Å²) < 4.78 is 15.3. The highest BCUT2D eigenvalue weighted by molar-refractivity contribution is 5.83. The number of hydrogen-bond acceptors (Lipinski definition) is 3. The SMILES string of the molecule is Cc1ccc2nc(CNC(=O)C(c3ccc(F)cc3)N3CCCCC3)cn2c1. The Morgan fingerprint density at radius 2 is 1.86 bits per heavy atom. The van der Waals surface area contributed by atoms with Crippen molar-refractivity contribution in [2.45, 2.75) is 38.8 Å². The first kappa shape index (κ1) is 18.6. The third kappa shape index (κ3) is 4.07. The van der Waals surface area contributed by atoms with Gasteiger partial charge in [-0.25, -0.2) is 9.37 Å². The van der Waals surface area contributed by atoms with E-state index in [9.17, 15) is 9.18 Å². The fourth-order valence-electron chi connectivity index (χ4n) is 3.86. The molecule has 6 heteroatoms. The molecule has 0 saturated carbocycles. The Morgan fingerprint density at radius 1 is 1.11 bits per heavy atom. The van der Waals surface area contributed by atoms with Gasteiger partial charge in [-0.3, -0.25) is 9.69 Å². The van der Waals surface area contributed by atoms with Crippen molar-refractivity contribution in [1.82, 2.24) is 19.6 Å². The first-order valence-electron chi connectivity index (χ1n) is 9.81. The number of carbonyl (C=O) groups is 1. The van der Waals surface area contributed by atoms with Crippen LogP contribution in [0.15, 0.2) is 48.8 Å². The number of piperidine rings is 1. The Morgan fingerprint density at radius 3 is 2.61 bits per heavy atom. The standard InChI is InChI=1S/C22H25FN4O/c1-16-5-10-20-25-19(15-27(20)14-16)13-24-22(28)21(26-11-3-2-4-12-26)17-6-8-18(23)9-7-17/h5-10,14-15,21H,2-4,11-13H2,1H3,(H,24,28). The van der Waals surface area contributed by atoms with Crippen LogP contribution in [0, 0.1) is 12.7 Å². The zero-order valence-corrected chi connectivity index (χ0v) is 16.1. The summed E-state index contributed by atoms with van der Waals surface area (Å²) >= 11 is 0. The van der Waals surface area contributed by atoms with Crippen LogP contribution in [0.4, 0.5) is 4.39 Å². The summed E-state index contributed by atoms with van der Waals surface area (Å²) in [5.41, 5.74) is 3.66. The molecule has 146 valence electrons. The van der Waals surface area contributed by atoms with Gasteiger partial charge in [0.25, 0.3) is 0 Å². The maximum Gasteiger partial charge on any atom is 0.242 e. The van der Waals surface area contributed by atoms with Gasteiger partial charge in [0.2, 0.25) is 5.91 Å². The number of nitrogens with zero attached hydrogens (tertiary/aromatic N) is 3. The number of pyridine rings is 1. The van der Waals surface area contributed by atoms with Crippen molar-refractivity contribution in [3.63, 3.8) is 0 Å². The molecule has 1 aliphatic rings. The monoisotopic (exact) mass is 380 g/mol. The van der Waals surface area contributed by atoms with Gasteiger partial charge in [-0.05, 0) is 62.2 Å². The molecule has 0 aliphatic carbocycles. The number of fused-ring (bicyclic) bond motifs is 1. The van der Waals surface area contributed by atoms with E-state index in [4.69, 9.17) is 0 Å². The van der Waals surface area contributed by atoms with E-state index in [0.717, 1.165) is 48.4 Å². The average Bonchev–Trinajstić information content (AvgIpc) is 3.11. The van der Waals surface area contributed by atoms with Crippen LogP contribution < -0.4 is 5.32 Å². The lowest BCUT2D eigenvalue weighted by atomic mass is 10.0. The minimum absolute atomic E-state index is 0.0678. The maximum atomic E-state index is 13.4. The molecule has 1 atom stereocenters. The second-order valence-corrected chi connectivity index (χ2v) is 7.47. The van der Waals surface area contributed by atoms with Gasteiger partial charge in [0, 0.05) is 12.4 Å². The lowest BCUT2D eigenvalue weighted by Gasteiger charge is -2.33. The van der Waals surface area contributed by atoms with Crippen molar-refractivity contribution in [3.8, 4) is 0 Å². The van der Waals surface area contributed by atoms with Gasteiger partial charge in [-0.1, -0.05) is 24.6 Å². The Hall–Kier alpha value is -2.73. The molecule has 1 unspecified atom stereocenters. The van der Waals surface area contributed by atoms with Crippen molar-refractivity contribution in [3.05, 3.63) is 71.4 Å². The number of halogens is 1. The minimum atomic E-state index is -0.403. The van der Waals surface area contributed by atoms with Crippen molar-refractivity contribution >= 4 is 11.6 Å². The number of aromatic nitrogens is 2. The molecule has 4 rings (SSSR count). The van der Waals surface area contributed by atoms with Crippen LogP contribution in [0.1, 0.15) is 42.1 Å². The molecule has 0 radical (unpaired) electrons. The van der Waals surface area contributed by atoms with Crippen LogP contribution in [0.3, 0.4) is 0 Å². The number of carbonyl (C=O) groups excluding carboxylic acids is 1. The largest absolute Gasteiger partial charge is 0.349 e. The van der Waals surface area contributed by atoms with Gasteiger partial charge >= 0.3 is 0 Å². The average molecular weight is 380 g/mol. The molecule has 2 aromatic heterocycles. The van der Waals surface area contributed by atoms with Crippen LogP contribution in [0.25, 0.3) is 5.65 Å². The molecule has 1 fully saturated rings. The summed E-state index contributed by atoms with van der Waals surface area (Å²) in [5.74, 6) is -0.358. The molecule has 1 N–H and O–H groups in total. The second kappa shape index (κ2) is 8.10. The number of likely N-dealkylation sites (tertiary alicyclic amines) is 1. The lowest BCUT2D eigenvalue weighted by Crippen LogP contribution is -2.42. The molecule has 0 bridgehead atoms. The summed E-state index contributed by atoms with van der Waals surface area (Å²) in [6, 6.07) is 9.85. The molecular formula is C22H25FN4O. The number of rotatable bonds is 5. The predicted molar refractivity (Wildman–Crippen MR) is 106 cm³/mol. The molecule has 3 heterocycles. The van der Waals surface area contributed by atoms with E-state index < -0.39 is 6.04 Å². The lowest BCUT2D eigenvalue weighted by molar-refractivity contribution is -0.127. The van der Waals surface area contributed by atoms with Crippen molar-refractivity contribution in [1.29, 1.82) is 0 Å². The molecule has 28 heavy (non-hydrogen) atoms. The summed E-state index contributed by atoms with van der Waals surface area (Å²) in [7, 11) is 0. The Kier molecular flexibility index (Phi) is 5.39. The Labute approximate surface area is 164 Å². The number of amides is 1. The fraction of sp³-hybridized carbons (Fsp3) is 0.364. The second-order valence-electron chi connectivity index (χ2n) is 7.47. The van der Waals surface area contributed by atoms with Crippen LogP contribution >= 0.6 is 0 Å². The summed E-state index contributed by atoms with van der Waals surface area (Å²) in [6.07, 6.45) is 7.31. The Bertz CT molecular complexity index is 960. The van der Waals surface area contributed by atoms with Crippen LogP contribution in [-0.4, -0.2) is 33.3 Å². The van der Waals surface area contributed by atoms with E-state index in [-0.39, 0.29) is 11.7 Å². The van der Waals surface area contributed by atoms with Crippen LogP contribution in [0.5, 0.6) is 0 Å². The third-order valence-electron chi connectivity index (χ3n) is 5.28. The van der Waals surface area contributed by atoms with E-state index in [1.54, 1.807) is 12.1 Å². The normalized spacial score (nSPS) is 16.2. The zero-order chi connectivity index (χ0) is 19.5. The summed E-state index contributed by atoms with van der Waals surface area (Å²) in [4.78, 5) is 19.8. The van der Waals surface area contributed by atoms with E-state index in [1.165, 1.54) is 18.6 Å². The van der Waals surface area contributed by atoms with E-state index >= 15 is 0 Å². The molecular weight excluding hydrogens is 355 g/mol. The van der Waals surface area contributed by atoms with Crippen molar-refractivity contribution < 1.29 is 9.18 Å². The van der Waals surface area contributed by atoms with Gasteiger partial charge in [-0.15, -0.1) is 0 Å². The quantitative estimate of drug-likeness (QED) is 0.735. The van der Waals surface area contributed by atoms with Gasteiger partial charge in [0.15, 0.2) is 0 Å². The first-order chi connectivity index (χ1) is 13.6. The topological polar surface area (TPSA) is 49.6 Å². The first-order valence-corrected chi connectivity index (χ1v) is 9.81. The number of nitrogens with one attached hydrogen (secondary N) is 1. The van der Waals surface area contributed by atoms with Gasteiger partial charge < -0.3 is 9.72 Å². The molecule has 1 amide bonds. The summed E-state index contributed by atoms with van der Waals surface area (Å²) in [5, 5.41) is 3.03.